The van der Waals surface area contributed by atoms with Gasteiger partial charge in [-0.1, -0.05) is 26.0 Å². The van der Waals surface area contributed by atoms with Crippen molar-refractivity contribution in [3.63, 3.8) is 0 Å². The van der Waals surface area contributed by atoms with Crippen molar-refractivity contribution in [2.75, 3.05) is 38.6 Å². The summed E-state index contributed by atoms with van der Waals surface area (Å²) in [5.74, 6) is 0.724. The number of nitrogens with one attached hydrogen (secondary N) is 2. The molecule has 1 aromatic rings. The number of nitrogens with zero attached hydrogens (tertiary/aromatic N) is 1. The first kappa shape index (κ1) is 15.0. The molecule has 0 saturated carbocycles. The van der Waals surface area contributed by atoms with Gasteiger partial charge >= 0.3 is 0 Å². The van der Waals surface area contributed by atoms with Gasteiger partial charge < -0.3 is 15.5 Å². The maximum Gasteiger partial charge on any atom is 0.0364 e. The SMILES string of the molecule is CC(C)CNCCNCc1cccc(N(C)C)c1. The quantitative estimate of drug-likeness (QED) is 0.691. The summed E-state index contributed by atoms with van der Waals surface area (Å²) in [6, 6.07) is 8.65. The van der Waals surface area contributed by atoms with Crippen LogP contribution in [0.1, 0.15) is 19.4 Å². The van der Waals surface area contributed by atoms with Gasteiger partial charge in [-0.2, -0.15) is 0 Å². The van der Waals surface area contributed by atoms with Gasteiger partial charge in [-0.25, -0.2) is 0 Å². The lowest BCUT2D eigenvalue weighted by Gasteiger charge is -2.14. The molecule has 3 heteroatoms. The van der Waals surface area contributed by atoms with E-state index in [-0.39, 0.29) is 0 Å². The van der Waals surface area contributed by atoms with Crippen molar-refractivity contribution in [3.05, 3.63) is 29.8 Å². The molecule has 0 heterocycles. The van der Waals surface area contributed by atoms with Gasteiger partial charge in [0.05, 0.1) is 0 Å². The highest BCUT2D eigenvalue weighted by atomic mass is 15.1. The van der Waals surface area contributed by atoms with E-state index in [2.05, 4.69) is 67.7 Å². The van der Waals surface area contributed by atoms with Crippen molar-refractivity contribution >= 4 is 5.69 Å². The molecule has 0 radical (unpaired) electrons. The molecule has 0 amide bonds. The maximum atomic E-state index is 3.46. The van der Waals surface area contributed by atoms with Crippen LogP contribution in [0, 0.1) is 5.92 Å². The monoisotopic (exact) mass is 249 g/mol. The molecule has 0 saturated heterocycles. The Hall–Kier alpha value is -1.06. The van der Waals surface area contributed by atoms with Crippen LogP contribution in [-0.2, 0) is 6.54 Å². The highest BCUT2D eigenvalue weighted by Crippen LogP contribution is 2.12. The molecule has 0 atom stereocenters. The summed E-state index contributed by atoms with van der Waals surface area (Å²) in [7, 11) is 4.14. The Labute approximate surface area is 112 Å². The first-order valence-electron chi connectivity index (χ1n) is 6.77. The van der Waals surface area contributed by atoms with E-state index in [4.69, 9.17) is 0 Å². The fourth-order valence-corrected chi connectivity index (χ4v) is 1.74. The van der Waals surface area contributed by atoms with E-state index in [1.54, 1.807) is 0 Å². The standard InChI is InChI=1S/C15H27N3/c1-13(2)11-16-8-9-17-12-14-6-5-7-15(10-14)18(3)4/h5-7,10,13,16-17H,8-9,11-12H2,1-4H3. The van der Waals surface area contributed by atoms with Gasteiger partial charge in [0.25, 0.3) is 0 Å². The Bertz CT molecular complexity index is 334. The number of benzene rings is 1. The third-order valence-corrected chi connectivity index (χ3v) is 2.79. The molecule has 0 unspecified atom stereocenters. The van der Waals surface area contributed by atoms with E-state index in [0.717, 1.165) is 32.1 Å². The van der Waals surface area contributed by atoms with Gasteiger partial charge in [0.15, 0.2) is 0 Å². The second-order valence-electron chi connectivity index (χ2n) is 5.34. The van der Waals surface area contributed by atoms with Crippen LogP contribution in [0.2, 0.25) is 0 Å². The van der Waals surface area contributed by atoms with Crippen LogP contribution in [-0.4, -0.2) is 33.7 Å². The van der Waals surface area contributed by atoms with Crippen molar-refractivity contribution in [3.8, 4) is 0 Å². The van der Waals surface area contributed by atoms with Crippen molar-refractivity contribution in [1.29, 1.82) is 0 Å². The lowest BCUT2D eigenvalue weighted by molar-refractivity contribution is 0.535. The van der Waals surface area contributed by atoms with E-state index in [1.807, 2.05) is 0 Å². The molecule has 0 aliphatic carbocycles. The van der Waals surface area contributed by atoms with Crippen molar-refractivity contribution in [2.45, 2.75) is 20.4 Å². The van der Waals surface area contributed by atoms with Crippen molar-refractivity contribution in [2.24, 2.45) is 5.92 Å². The minimum atomic E-state index is 0.724. The number of anilines is 1. The summed E-state index contributed by atoms with van der Waals surface area (Å²) in [6.07, 6.45) is 0. The number of rotatable bonds is 8. The Morgan fingerprint density at radius 2 is 1.83 bits per heavy atom. The molecule has 0 bridgehead atoms. The topological polar surface area (TPSA) is 27.3 Å². The fraction of sp³-hybridized carbons (Fsp3) is 0.600. The zero-order chi connectivity index (χ0) is 13.4. The first-order valence-corrected chi connectivity index (χ1v) is 6.77. The highest BCUT2D eigenvalue weighted by Gasteiger charge is 1.97. The molecule has 0 aliphatic rings. The predicted molar refractivity (Wildman–Crippen MR) is 80.2 cm³/mol. The van der Waals surface area contributed by atoms with Gasteiger partial charge in [-0.15, -0.1) is 0 Å². The summed E-state index contributed by atoms with van der Waals surface area (Å²) in [5, 5.41) is 6.89. The molecular formula is C15H27N3. The lowest BCUT2D eigenvalue weighted by Crippen LogP contribution is -2.29. The molecule has 18 heavy (non-hydrogen) atoms. The molecule has 3 nitrogen and oxygen atoms in total. The zero-order valence-corrected chi connectivity index (χ0v) is 12.2. The minimum Gasteiger partial charge on any atom is -0.378 e. The third-order valence-electron chi connectivity index (χ3n) is 2.79. The van der Waals surface area contributed by atoms with Crippen LogP contribution in [0.25, 0.3) is 0 Å². The summed E-state index contributed by atoms with van der Waals surface area (Å²) >= 11 is 0. The summed E-state index contributed by atoms with van der Waals surface area (Å²) < 4.78 is 0. The normalized spacial score (nSPS) is 10.9. The van der Waals surface area contributed by atoms with Crippen LogP contribution in [0.3, 0.4) is 0 Å². The molecule has 0 aromatic heterocycles. The average Bonchev–Trinajstić information content (AvgIpc) is 2.33. The lowest BCUT2D eigenvalue weighted by atomic mass is 10.2. The Kier molecular flexibility index (Phi) is 6.76. The van der Waals surface area contributed by atoms with Gasteiger partial charge in [-0.05, 0) is 30.2 Å². The third kappa shape index (κ3) is 6.03. The largest absolute Gasteiger partial charge is 0.378 e. The van der Waals surface area contributed by atoms with Gasteiger partial charge in [0.2, 0.25) is 0 Å². The van der Waals surface area contributed by atoms with Gasteiger partial charge in [0, 0.05) is 39.4 Å². The van der Waals surface area contributed by atoms with Crippen LogP contribution >= 0.6 is 0 Å². The molecule has 2 N–H and O–H groups in total. The van der Waals surface area contributed by atoms with E-state index < -0.39 is 0 Å². The Morgan fingerprint density at radius 1 is 1.11 bits per heavy atom. The van der Waals surface area contributed by atoms with Crippen LogP contribution in [0.15, 0.2) is 24.3 Å². The van der Waals surface area contributed by atoms with Crippen LogP contribution < -0.4 is 15.5 Å². The summed E-state index contributed by atoms with van der Waals surface area (Å²) in [6.45, 7) is 8.54. The van der Waals surface area contributed by atoms with Gasteiger partial charge in [-0.3, -0.25) is 0 Å². The second-order valence-corrected chi connectivity index (χ2v) is 5.34. The van der Waals surface area contributed by atoms with Gasteiger partial charge in [0.1, 0.15) is 0 Å². The van der Waals surface area contributed by atoms with Crippen LogP contribution in [0.4, 0.5) is 5.69 Å². The van der Waals surface area contributed by atoms with E-state index >= 15 is 0 Å². The Balaban J connectivity index is 2.21. The van der Waals surface area contributed by atoms with Crippen molar-refractivity contribution < 1.29 is 0 Å². The molecule has 1 aromatic carbocycles. The fourth-order valence-electron chi connectivity index (χ4n) is 1.74. The summed E-state index contributed by atoms with van der Waals surface area (Å²) in [5.41, 5.74) is 2.59. The molecular weight excluding hydrogens is 222 g/mol. The number of hydrogen-bond acceptors (Lipinski definition) is 3. The highest BCUT2D eigenvalue weighted by molar-refractivity contribution is 5.47. The smallest absolute Gasteiger partial charge is 0.0364 e. The van der Waals surface area contributed by atoms with E-state index in [9.17, 15) is 0 Å². The Morgan fingerprint density at radius 3 is 2.50 bits per heavy atom. The van der Waals surface area contributed by atoms with E-state index in [0.29, 0.717) is 0 Å². The van der Waals surface area contributed by atoms with E-state index in [1.165, 1.54) is 11.3 Å². The number of hydrogen-bond donors (Lipinski definition) is 2. The minimum absolute atomic E-state index is 0.724. The molecule has 0 spiro atoms. The molecule has 1 rings (SSSR count). The molecule has 0 fully saturated rings. The van der Waals surface area contributed by atoms with Crippen LogP contribution in [0.5, 0.6) is 0 Å². The summed E-state index contributed by atoms with van der Waals surface area (Å²) in [4.78, 5) is 2.13. The maximum absolute atomic E-state index is 3.46. The van der Waals surface area contributed by atoms with Crippen molar-refractivity contribution in [1.82, 2.24) is 10.6 Å². The predicted octanol–water partition coefficient (Wildman–Crippen LogP) is 2.09. The molecule has 102 valence electrons. The first-order chi connectivity index (χ1) is 8.59. The average molecular weight is 249 g/mol. The molecule has 0 aliphatic heterocycles. The second kappa shape index (κ2) is 8.11. The zero-order valence-electron chi connectivity index (χ0n) is 12.2.